The van der Waals surface area contributed by atoms with E-state index in [9.17, 15) is 4.79 Å². The lowest BCUT2D eigenvalue weighted by atomic mass is 10.1. The number of carbonyl (C=O) groups is 1. The molecule has 1 aromatic rings. The predicted molar refractivity (Wildman–Crippen MR) is 70.3 cm³/mol. The summed E-state index contributed by atoms with van der Waals surface area (Å²) < 4.78 is -0.982. The van der Waals surface area contributed by atoms with Crippen LogP contribution in [-0.2, 0) is 0 Å². The van der Waals surface area contributed by atoms with Crippen LogP contribution in [0.5, 0.6) is 0 Å². The van der Waals surface area contributed by atoms with Crippen molar-refractivity contribution in [3.63, 3.8) is 0 Å². The largest absolute Gasteiger partial charge is 0.291 e. The minimum Gasteiger partial charge on any atom is -0.291 e. The fourth-order valence-corrected chi connectivity index (χ4v) is 1.96. The summed E-state index contributed by atoms with van der Waals surface area (Å²) in [6.07, 6.45) is 0. The Labute approximate surface area is 117 Å². The van der Waals surface area contributed by atoms with Crippen LogP contribution in [0, 0.1) is 0 Å². The van der Waals surface area contributed by atoms with Gasteiger partial charge in [-0.05, 0) is 18.2 Å². The van der Waals surface area contributed by atoms with Gasteiger partial charge < -0.3 is 0 Å². The van der Waals surface area contributed by atoms with E-state index in [1.165, 1.54) is 6.07 Å². The molecule has 0 atom stereocenters. The highest BCUT2D eigenvalue weighted by molar-refractivity contribution is 9.40. The van der Waals surface area contributed by atoms with Crippen LogP contribution in [0.25, 0.3) is 0 Å². The molecule has 0 heterocycles. The van der Waals surface area contributed by atoms with Gasteiger partial charge in [-0.25, -0.2) is 0 Å². The van der Waals surface area contributed by atoms with E-state index in [1.54, 1.807) is 12.1 Å². The van der Waals surface area contributed by atoms with Gasteiger partial charge in [-0.1, -0.05) is 71.0 Å². The molecule has 0 aliphatic carbocycles. The Bertz CT molecular complexity index is 373. The summed E-state index contributed by atoms with van der Waals surface area (Å²) in [6.45, 7) is 0. The van der Waals surface area contributed by atoms with Crippen molar-refractivity contribution in [2.75, 3.05) is 0 Å². The molecule has 0 bridgehead atoms. The van der Waals surface area contributed by atoms with Crippen LogP contribution in [-0.4, -0.2) is 7.93 Å². The molecule has 0 N–H and O–H groups in total. The molecular weight excluding hydrogens is 423 g/mol. The van der Waals surface area contributed by atoms with Crippen LogP contribution >= 0.6 is 71.0 Å². The van der Waals surface area contributed by atoms with Gasteiger partial charge in [0.15, 0.2) is 2.14 Å². The third-order valence-corrected chi connectivity index (χ3v) is 3.06. The maximum atomic E-state index is 11.7. The summed E-state index contributed by atoms with van der Waals surface area (Å²) in [6, 6.07) is 4.71. The Morgan fingerprint density at radius 1 is 1.21 bits per heavy atom. The van der Waals surface area contributed by atoms with Crippen molar-refractivity contribution in [1.82, 2.24) is 0 Å². The second-order valence-electron chi connectivity index (χ2n) is 2.45. The van der Waals surface area contributed by atoms with Crippen LogP contribution in [0.3, 0.4) is 0 Å². The lowest BCUT2D eigenvalue weighted by Gasteiger charge is -2.11. The van der Waals surface area contributed by atoms with Gasteiger partial charge in [0, 0.05) is 10.6 Å². The first-order valence-corrected chi connectivity index (χ1v) is 6.52. The van der Waals surface area contributed by atoms with Crippen LogP contribution < -0.4 is 0 Å². The molecule has 0 amide bonds. The van der Waals surface area contributed by atoms with Crippen molar-refractivity contribution in [3.05, 3.63) is 33.8 Å². The van der Waals surface area contributed by atoms with Crippen molar-refractivity contribution in [2.24, 2.45) is 0 Å². The van der Waals surface area contributed by atoms with Gasteiger partial charge in [0.2, 0.25) is 5.78 Å². The van der Waals surface area contributed by atoms with Gasteiger partial charge >= 0.3 is 0 Å². The molecule has 0 unspecified atom stereocenters. The lowest BCUT2D eigenvalue weighted by Crippen LogP contribution is -2.17. The highest BCUT2D eigenvalue weighted by Gasteiger charge is 2.30. The van der Waals surface area contributed by atoms with Crippen molar-refractivity contribution in [3.8, 4) is 0 Å². The first-order chi connectivity index (χ1) is 6.32. The Hall–Kier alpha value is 0.910. The zero-order valence-electron chi connectivity index (χ0n) is 6.53. The molecule has 0 aromatic heterocycles. The number of carbonyl (C=O) groups excluding carboxylic acids is 1. The maximum absolute atomic E-state index is 11.7. The molecule has 1 rings (SSSR count). The van der Waals surface area contributed by atoms with Crippen LogP contribution in [0.15, 0.2) is 18.2 Å². The Balaban J connectivity index is 3.15. The topological polar surface area (TPSA) is 17.1 Å². The third-order valence-electron chi connectivity index (χ3n) is 1.43. The molecule has 0 saturated carbocycles. The number of alkyl halides is 3. The monoisotopic (exact) mass is 422 g/mol. The van der Waals surface area contributed by atoms with E-state index in [-0.39, 0.29) is 5.78 Å². The molecule has 0 radical (unpaired) electrons. The molecule has 0 aliphatic heterocycles. The van der Waals surface area contributed by atoms with Gasteiger partial charge in [-0.3, -0.25) is 4.79 Å². The molecule has 6 heteroatoms. The van der Waals surface area contributed by atoms with Crippen molar-refractivity contribution < 1.29 is 4.79 Å². The number of hydrogen-bond donors (Lipinski definition) is 0. The molecule has 1 nitrogen and oxygen atoms in total. The maximum Gasteiger partial charge on any atom is 0.202 e. The van der Waals surface area contributed by atoms with Gasteiger partial charge in [-0.2, -0.15) is 0 Å². The minimum absolute atomic E-state index is 0.223. The fraction of sp³-hybridized carbons (Fsp3) is 0.125. The number of ketones is 1. The number of rotatable bonds is 1. The van der Waals surface area contributed by atoms with Crippen molar-refractivity contribution in [1.29, 1.82) is 0 Å². The molecule has 0 spiro atoms. The first-order valence-electron chi connectivity index (χ1n) is 3.39. The van der Waals surface area contributed by atoms with Gasteiger partial charge in [0.25, 0.3) is 0 Å². The molecular formula is C8H3Br3Cl2O. The number of benzene rings is 1. The molecule has 0 fully saturated rings. The van der Waals surface area contributed by atoms with E-state index < -0.39 is 2.14 Å². The van der Waals surface area contributed by atoms with E-state index >= 15 is 0 Å². The van der Waals surface area contributed by atoms with Crippen molar-refractivity contribution in [2.45, 2.75) is 2.14 Å². The van der Waals surface area contributed by atoms with E-state index in [1.807, 2.05) is 0 Å². The normalized spacial score (nSPS) is 11.5. The van der Waals surface area contributed by atoms with E-state index in [0.29, 0.717) is 15.6 Å². The van der Waals surface area contributed by atoms with E-state index in [0.717, 1.165) is 0 Å². The quantitative estimate of drug-likeness (QED) is 0.456. The Morgan fingerprint density at radius 2 is 1.79 bits per heavy atom. The summed E-state index contributed by atoms with van der Waals surface area (Å²) in [5.41, 5.74) is 0.390. The third kappa shape index (κ3) is 3.20. The lowest BCUT2D eigenvalue weighted by molar-refractivity contribution is 0.101. The Kier molecular flexibility index (Phi) is 4.48. The highest BCUT2D eigenvalue weighted by atomic mass is 80.0. The second-order valence-corrected chi connectivity index (χ2v) is 10.1. The number of halogens is 5. The smallest absolute Gasteiger partial charge is 0.202 e. The summed E-state index contributed by atoms with van der Waals surface area (Å²) in [4.78, 5) is 11.7. The van der Waals surface area contributed by atoms with E-state index in [4.69, 9.17) is 23.2 Å². The zero-order valence-corrected chi connectivity index (χ0v) is 12.8. The Morgan fingerprint density at radius 3 is 2.21 bits per heavy atom. The minimum atomic E-state index is -0.982. The van der Waals surface area contributed by atoms with Gasteiger partial charge in [0.05, 0.1) is 5.02 Å². The summed E-state index contributed by atoms with van der Waals surface area (Å²) >= 11 is 20.9. The number of hydrogen-bond acceptors (Lipinski definition) is 1. The SMILES string of the molecule is O=C(c1ccc(Cl)cc1Cl)C(Br)(Br)Br. The van der Waals surface area contributed by atoms with E-state index in [2.05, 4.69) is 47.8 Å². The van der Waals surface area contributed by atoms with Crippen molar-refractivity contribution >= 4 is 76.8 Å². The predicted octanol–water partition coefficient (Wildman–Crippen LogP) is 5.01. The summed E-state index contributed by atoms with van der Waals surface area (Å²) in [7, 11) is 0. The average Bonchev–Trinajstić information content (AvgIpc) is 2.01. The summed E-state index contributed by atoms with van der Waals surface area (Å²) in [5, 5.41) is 0.820. The standard InChI is InChI=1S/C8H3Br3Cl2O/c9-8(10,11)7(14)5-2-1-4(12)3-6(5)13/h1-3H. The highest BCUT2D eigenvalue weighted by Crippen LogP contribution is 2.38. The zero-order chi connectivity index (χ0) is 10.9. The van der Waals surface area contributed by atoms with Crippen LogP contribution in [0.1, 0.15) is 10.4 Å². The second kappa shape index (κ2) is 4.83. The molecule has 76 valence electrons. The molecule has 1 aromatic carbocycles. The molecule has 0 saturated heterocycles. The van der Waals surface area contributed by atoms with Gasteiger partial charge in [-0.15, -0.1) is 0 Å². The van der Waals surface area contributed by atoms with Crippen LogP contribution in [0.2, 0.25) is 10.0 Å². The van der Waals surface area contributed by atoms with Gasteiger partial charge in [0.1, 0.15) is 0 Å². The average molecular weight is 426 g/mol. The van der Waals surface area contributed by atoms with Crippen LogP contribution in [0.4, 0.5) is 0 Å². The summed E-state index contributed by atoms with van der Waals surface area (Å²) in [5.74, 6) is -0.223. The fourth-order valence-electron chi connectivity index (χ4n) is 0.826. The number of Topliss-reactive ketones (excluding diaryl/α,β-unsaturated/α-hetero) is 1. The molecule has 14 heavy (non-hydrogen) atoms. The molecule has 0 aliphatic rings. The first kappa shape index (κ1) is 13.0.